The van der Waals surface area contributed by atoms with Crippen molar-refractivity contribution in [3.05, 3.63) is 20.2 Å². The number of nitro groups is 2. The van der Waals surface area contributed by atoms with Crippen LogP contribution in [-0.4, -0.2) is 33.5 Å². The topological polar surface area (TPSA) is 136 Å². The third-order valence-electron chi connectivity index (χ3n) is 1.28. The second-order valence-electron chi connectivity index (χ2n) is 2.22. The Kier molecular flexibility index (Phi) is 3.68. The molecule has 0 aromatic rings. The molecule has 0 rings (SSSR count). The maximum atomic E-state index is 12.9. The fourth-order valence-corrected chi connectivity index (χ4v) is 0.578. The van der Waals surface area contributed by atoms with Crippen molar-refractivity contribution in [2.75, 3.05) is 6.54 Å². The van der Waals surface area contributed by atoms with Crippen LogP contribution in [0, 0.1) is 20.2 Å². The summed E-state index contributed by atoms with van der Waals surface area (Å²) >= 11 is 0. The lowest BCUT2D eigenvalue weighted by atomic mass is 10.3. The van der Waals surface area contributed by atoms with E-state index in [2.05, 4.69) is 0 Å². The van der Waals surface area contributed by atoms with Crippen molar-refractivity contribution >= 4 is 6.09 Å². The summed E-state index contributed by atoms with van der Waals surface area (Å²) in [6.45, 7) is -0.714. The second-order valence-corrected chi connectivity index (χ2v) is 2.22. The molecule has 2 N–H and O–H groups in total. The van der Waals surface area contributed by atoms with E-state index in [1.54, 1.807) is 5.32 Å². The standard InChI is InChI=1S/C4H6FN3O6/c5-4(7(11)12,8(13)14)1-2-6-3(9)10/h6H,1-2H2,(H,9,10). The fraction of sp³-hybridized carbons (Fsp3) is 0.750. The number of nitrogens with zero attached hydrogens (tertiary/aromatic N) is 2. The molecular formula is C4H6FN3O6. The maximum Gasteiger partial charge on any atom is 0.615 e. The first-order valence-electron chi connectivity index (χ1n) is 3.25. The van der Waals surface area contributed by atoms with Crippen LogP contribution >= 0.6 is 0 Å². The Balaban J connectivity index is 4.32. The van der Waals surface area contributed by atoms with Crippen LogP contribution in [0.15, 0.2) is 0 Å². The Morgan fingerprint density at radius 2 is 1.86 bits per heavy atom. The highest BCUT2D eigenvalue weighted by Crippen LogP contribution is 2.16. The van der Waals surface area contributed by atoms with Gasteiger partial charge < -0.3 is 10.4 Å². The number of carboxylic acid groups (broad SMARTS) is 1. The van der Waals surface area contributed by atoms with Gasteiger partial charge >= 0.3 is 12.0 Å². The van der Waals surface area contributed by atoms with Gasteiger partial charge in [-0.3, -0.25) is 20.2 Å². The number of hydrogen-bond acceptors (Lipinski definition) is 5. The van der Waals surface area contributed by atoms with Gasteiger partial charge in [0.05, 0.1) is 0 Å². The van der Waals surface area contributed by atoms with Gasteiger partial charge in [0.1, 0.15) is 16.3 Å². The zero-order valence-electron chi connectivity index (χ0n) is 6.68. The minimum Gasteiger partial charge on any atom is -0.465 e. The number of carbonyl (C=O) groups is 1. The van der Waals surface area contributed by atoms with E-state index >= 15 is 0 Å². The van der Waals surface area contributed by atoms with Crippen molar-refractivity contribution in [1.29, 1.82) is 0 Å². The van der Waals surface area contributed by atoms with E-state index in [4.69, 9.17) is 5.11 Å². The molecule has 0 saturated carbocycles. The van der Waals surface area contributed by atoms with Gasteiger partial charge in [0.15, 0.2) is 0 Å². The molecule has 0 unspecified atom stereocenters. The summed E-state index contributed by atoms with van der Waals surface area (Å²) < 4.78 is 12.9. The van der Waals surface area contributed by atoms with Gasteiger partial charge in [-0.25, -0.2) is 4.79 Å². The van der Waals surface area contributed by atoms with E-state index in [0.717, 1.165) is 0 Å². The summed E-state index contributed by atoms with van der Waals surface area (Å²) in [6, 6.07) is 0. The molecule has 0 bridgehead atoms. The first-order chi connectivity index (χ1) is 6.30. The quantitative estimate of drug-likeness (QED) is 0.280. The summed E-state index contributed by atoms with van der Waals surface area (Å²) in [6.07, 6.45) is -2.71. The van der Waals surface area contributed by atoms with Gasteiger partial charge in [0.2, 0.25) is 0 Å². The zero-order valence-corrected chi connectivity index (χ0v) is 6.68. The van der Waals surface area contributed by atoms with Crippen molar-refractivity contribution in [1.82, 2.24) is 5.32 Å². The minimum absolute atomic E-state index is 0.714. The molecule has 10 heteroatoms. The van der Waals surface area contributed by atoms with Crippen LogP contribution in [0.25, 0.3) is 0 Å². The monoisotopic (exact) mass is 211 g/mol. The largest absolute Gasteiger partial charge is 0.615 e. The van der Waals surface area contributed by atoms with Gasteiger partial charge in [-0.2, -0.15) is 0 Å². The molecule has 80 valence electrons. The molecule has 0 aliphatic carbocycles. The lowest BCUT2D eigenvalue weighted by molar-refractivity contribution is -0.831. The van der Waals surface area contributed by atoms with Crippen LogP contribution in [0.4, 0.5) is 9.18 Å². The van der Waals surface area contributed by atoms with Crippen molar-refractivity contribution in [2.45, 2.75) is 12.3 Å². The number of halogens is 1. The molecule has 0 radical (unpaired) electrons. The molecule has 0 aromatic heterocycles. The average Bonchev–Trinajstić information content (AvgIpc) is 2.02. The Morgan fingerprint density at radius 3 is 2.14 bits per heavy atom. The summed E-state index contributed by atoms with van der Waals surface area (Å²) in [5.74, 6) is -3.84. The van der Waals surface area contributed by atoms with E-state index in [1.165, 1.54) is 0 Å². The molecule has 0 fully saturated rings. The molecule has 0 aromatic carbocycles. The summed E-state index contributed by atoms with van der Waals surface area (Å²) in [7, 11) is 0. The first-order valence-corrected chi connectivity index (χ1v) is 3.25. The van der Waals surface area contributed by atoms with E-state index < -0.39 is 34.8 Å². The molecule has 0 spiro atoms. The van der Waals surface area contributed by atoms with E-state index in [1.807, 2.05) is 0 Å². The van der Waals surface area contributed by atoms with E-state index in [9.17, 15) is 29.4 Å². The lowest BCUT2D eigenvalue weighted by Crippen LogP contribution is -2.44. The second kappa shape index (κ2) is 4.30. The smallest absolute Gasteiger partial charge is 0.465 e. The van der Waals surface area contributed by atoms with Crippen molar-refractivity contribution in [2.24, 2.45) is 0 Å². The Morgan fingerprint density at radius 1 is 1.43 bits per heavy atom. The van der Waals surface area contributed by atoms with Gasteiger partial charge in [-0.1, -0.05) is 4.39 Å². The average molecular weight is 211 g/mol. The molecule has 1 amide bonds. The number of nitrogens with one attached hydrogen (secondary N) is 1. The van der Waals surface area contributed by atoms with Crippen LogP contribution in [0.5, 0.6) is 0 Å². The summed E-state index contributed by atoms with van der Waals surface area (Å²) in [4.78, 5) is 26.3. The number of rotatable bonds is 5. The van der Waals surface area contributed by atoms with Crippen LogP contribution in [-0.2, 0) is 0 Å². The maximum absolute atomic E-state index is 12.9. The van der Waals surface area contributed by atoms with Crippen LogP contribution in [0.3, 0.4) is 0 Å². The highest BCUT2D eigenvalue weighted by atomic mass is 19.2. The Labute approximate surface area is 75.8 Å². The van der Waals surface area contributed by atoms with E-state index in [-0.39, 0.29) is 0 Å². The van der Waals surface area contributed by atoms with Crippen LogP contribution in [0.2, 0.25) is 0 Å². The van der Waals surface area contributed by atoms with Gasteiger partial charge in [0, 0.05) is 6.54 Å². The normalized spacial score (nSPS) is 10.6. The molecule has 0 atom stereocenters. The third-order valence-corrected chi connectivity index (χ3v) is 1.28. The van der Waals surface area contributed by atoms with Gasteiger partial charge in [-0.05, 0) is 0 Å². The van der Waals surface area contributed by atoms with Crippen LogP contribution in [0.1, 0.15) is 6.42 Å². The Bertz CT molecular complexity index is 254. The highest BCUT2D eigenvalue weighted by Gasteiger charge is 2.57. The summed E-state index contributed by atoms with van der Waals surface area (Å²) in [5, 5.41) is 29.5. The molecular weight excluding hydrogens is 205 g/mol. The molecule has 0 saturated heterocycles. The lowest BCUT2D eigenvalue weighted by Gasteiger charge is -2.07. The molecule has 9 nitrogen and oxygen atoms in total. The van der Waals surface area contributed by atoms with E-state index in [0.29, 0.717) is 0 Å². The van der Waals surface area contributed by atoms with Gasteiger partial charge in [-0.15, -0.1) is 0 Å². The van der Waals surface area contributed by atoms with Crippen molar-refractivity contribution < 1.29 is 24.1 Å². The van der Waals surface area contributed by atoms with Crippen LogP contribution < -0.4 is 5.32 Å². The summed E-state index contributed by atoms with van der Waals surface area (Å²) in [5.41, 5.74) is 0. The SMILES string of the molecule is O=C(O)NCCC(F)([N+](=O)[O-])[N+](=O)[O-]. The fourth-order valence-electron chi connectivity index (χ4n) is 0.578. The first kappa shape index (κ1) is 12.0. The van der Waals surface area contributed by atoms with Crippen molar-refractivity contribution in [3.8, 4) is 0 Å². The zero-order chi connectivity index (χ0) is 11.4. The predicted octanol–water partition coefficient (Wildman–Crippen LogP) is -0.179. The molecule has 0 heterocycles. The Hall–Kier alpha value is -2.00. The van der Waals surface area contributed by atoms with Crippen molar-refractivity contribution in [3.63, 3.8) is 0 Å². The third kappa shape index (κ3) is 2.80. The predicted molar refractivity (Wildman–Crippen MR) is 38.5 cm³/mol. The molecule has 0 aliphatic heterocycles. The number of hydrogen-bond donors (Lipinski definition) is 2. The molecule has 14 heavy (non-hydrogen) atoms. The highest BCUT2D eigenvalue weighted by molar-refractivity contribution is 5.64. The number of amides is 1. The minimum atomic E-state index is -3.84. The molecule has 0 aliphatic rings. The number of alkyl halides is 1. The van der Waals surface area contributed by atoms with Gasteiger partial charge in [0.25, 0.3) is 0 Å².